The maximum absolute atomic E-state index is 11.3. The second-order valence-electron chi connectivity index (χ2n) is 4.58. The lowest BCUT2D eigenvalue weighted by molar-refractivity contribution is -0.692. The van der Waals surface area contributed by atoms with Gasteiger partial charge in [0.2, 0.25) is 0 Å². The van der Waals surface area contributed by atoms with Gasteiger partial charge in [0, 0.05) is 17.7 Å². The fraction of sp³-hybridized carbons (Fsp3) is 0.231. The van der Waals surface area contributed by atoms with Crippen LogP contribution < -0.4 is 4.57 Å². The second kappa shape index (κ2) is 5.78. The van der Waals surface area contributed by atoms with E-state index in [9.17, 15) is 8.42 Å². The maximum Gasteiger partial charge on any atom is 0.273 e. The molecule has 0 saturated carbocycles. The number of pyridine rings is 1. The Morgan fingerprint density at radius 3 is 2.73 bits per heavy atom. The van der Waals surface area contributed by atoms with Crippen LogP contribution in [-0.2, 0) is 20.8 Å². The van der Waals surface area contributed by atoms with Crippen LogP contribution in [-0.4, -0.2) is 41.1 Å². The highest BCUT2D eigenvalue weighted by molar-refractivity contribution is 7.86. The molecule has 0 aromatic carbocycles. The van der Waals surface area contributed by atoms with E-state index >= 15 is 0 Å². The van der Waals surface area contributed by atoms with Gasteiger partial charge in [-0.15, -0.1) is 14.8 Å². The van der Waals surface area contributed by atoms with Gasteiger partial charge in [0.05, 0.1) is 12.8 Å². The number of rotatable bonds is 5. The van der Waals surface area contributed by atoms with E-state index in [-0.39, 0.29) is 5.75 Å². The average molecular weight is 320 g/mol. The molecule has 0 unspecified atom stereocenters. The summed E-state index contributed by atoms with van der Waals surface area (Å²) in [5.41, 5.74) is 2.34. The summed E-state index contributed by atoms with van der Waals surface area (Å²) in [6, 6.07) is 7.43. The summed E-state index contributed by atoms with van der Waals surface area (Å²) in [5, 5.41) is 8.35. The number of hydrogen-bond donors (Lipinski definition) is 0. The molecule has 3 heterocycles. The highest BCUT2D eigenvalue weighted by Crippen LogP contribution is 2.14. The summed E-state index contributed by atoms with van der Waals surface area (Å²) in [6.45, 7) is 0.325. The zero-order valence-corrected chi connectivity index (χ0v) is 12.6. The van der Waals surface area contributed by atoms with Gasteiger partial charge >= 0.3 is 0 Å². The molecule has 114 valence electrons. The van der Waals surface area contributed by atoms with E-state index in [4.69, 9.17) is 0 Å². The van der Waals surface area contributed by atoms with Gasteiger partial charge in [0.1, 0.15) is 12.1 Å². The van der Waals surface area contributed by atoms with Gasteiger partial charge in [-0.05, 0) is 12.1 Å². The van der Waals surface area contributed by atoms with Gasteiger partial charge < -0.3 is 0 Å². The second-order valence-corrected chi connectivity index (χ2v) is 6.44. The van der Waals surface area contributed by atoms with Gasteiger partial charge in [0.25, 0.3) is 10.1 Å². The van der Waals surface area contributed by atoms with Crippen LogP contribution in [0.4, 0.5) is 0 Å². The van der Waals surface area contributed by atoms with Gasteiger partial charge in [0.15, 0.2) is 24.6 Å². The van der Waals surface area contributed by atoms with Gasteiger partial charge in [-0.2, -0.15) is 8.42 Å². The van der Waals surface area contributed by atoms with Crippen molar-refractivity contribution < 1.29 is 17.2 Å². The summed E-state index contributed by atoms with van der Waals surface area (Å²) in [6.07, 6.45) is 5.04. The molecule has 9 heteroatoms. The van der Waals surface area contributed by atoms with Crippen molar-refractivity contribution in [2.75, 3.05) is 12.9 Å². The molecule has 8 nitrogen and oxygen atoms in total. The average Bonchev–Trinajstić information content (AvgIpc) is 3.01. The normalized spacial score (nSPS) is 11.9. The Balaban J connectivity index is 1.78. The number of fused-ring (bicyclic) bond motifs is 1. The summed E-state index contributed by atoms with van der Waals surface area (Å²) in [7, 11) is -2.29. The molecular formula is C13H14N5O3S+. The Morgan fingerprint density at radius 2 is 2.00 bits per heavy atom. The molecular weight excluding hydrogens is 306 g/mol. The van der Waals surface area contributed by atoms with E-state index in [1.165, 1.54) is 11.0 Å². The summed E-state index contributed by atoms with van der Waals surface area (Å²) in [4.78, 5) is 4.04. The minimum absolute atomic E-state index is 0.0727. The lowest BCUT2D eigenvalue weighted by atomic mass is 10.2. The van der Waals surface area contributed by atoms with E-state index < -0.39 is 10.1 Å². The molecule has 22 heavy (non-hydrogen) atoms. The van der Waals surface area contributed by atoms with Crippen LogP contribution in [0.25, 0.3) is 16.9 Å². The molecule has 3 aromatic heterocycles. The SMILES string of the molecule is COS(=O)(=O)CC[n+]1ccc(-c2ccc3ncnn3n2)cc1. The third-order valence-electron chi connectivity index (χ3n) is 3.19. The van der Waals surface area contributed by atoms with Crippen molar-refractivity contribution in [3.05, 3.63) is 43.0 Å². The quantitative estimate of drug-likeness (QED) is 0.487. The molecule has 0 aliphatic carbocycles. The molecule has 0 saturated heterocycles. The molecule has 0 spiro atoms. The van der Waals surface area contributed by atoms with Gasteiger partial charge in [-0.1, -0.05) is 0 Å². The number of aromatic nitrogens is 5. The zero-order valence-electron chi connectivity index (χ0n) is 11.8. The first kappa shape index (κ1) is 14.5. The van der Waals surface area contributed by atoms with Crippen molar-refractivity contribution >= 4 is 15.8 Å². The van der Waals surface area contributed by atoms with Crippen LogP contribution in [0.5, 0.6) is 0 Å². The predicted octanol–water partition coefficient (Wildman–Crippen LogP) is 0.0550. The maximum atomic E-state index is 11.3. The topological polar surface area (TPSA) is 90.3 Å². The van der Waals surface area contributed by atoms with Gasteiger partial charge in [-0.25, -0.2) is 9.55 Å². The standard InChI is InChI=1S/C13H14N5O3S/c1-21-22(19,20)9-8-17-6-4-11(5-7-17)12-2-3-13-14-10-15-18(13)16-12/h2-7,10H,8-9H2,1H3/q+1. The Kier molecular flexibility index (Phi) is 3.82. The molecule has 0 aliphatic rings. The fourth-order valence-electron chi connectivity index (χ4n) is 1.95. The Labute approximate surface area is 127 Å². The lowest BCUT2D eigenvalue weighted by Gasteiger charge is -2.01. The van der Waals surface area contributed by atoms with Crippen molar-refractivity contribution in [3.8, 4) is 11.3 Å². The molecule has 0 bridgehead atoms. The summed E-state index contributed by atoms with van der Waals surface area (Å²) < 4.78 is 30.2. The molecule has 0 N–H and O–H groups in total. The molecule has 0 aliphatic heterocycles. The smallest absolute Gasteiger partial charge is 0.273 e. The molecule has 0 radical (unpaired) electrons. The lowest BCUT2D eigenvalue weighted by Crippen LogP contribution is -2.36. The predicted molar refractivity (Wildman–Crippen MR) is 77.2 cm³/mol. The van der Waals surface area contributed by atoms with Crippen LogP contribution in [0.1, 0.15) is 0 Å². The van der Waals surface area contributed by atoms with E-state index in [2.05, 4.69) is 19.4 Å². The van der Waals surface area contributed by atoms with Crippen LogP contribution in [0.15, 0.2) is 43.0 Å². The molecule has 0 fully saturated rings. The van der Waals surface area contributed by atoms with Crippen molar-refractivity contribution in [2.24, 2.45) is 0 Å². The minimum Gasteiger partial charge on any atom is -0.273 e. The zero-order chi connectivity index (χ0) is 15.6. The fourth-order valence-corrected chi connectivity index (χ4v) is 2.55. The summed E-state index contributed by atoms with van der Waals surface area (Å²) in [5.74, 6) is -0.0727. The van der Waals surface area contributed by atoms with E-state index in [0.29, 0.717) is 12.2 Å². The first-order chi connectivity index (χ1) is 10.6. The number of hydrogen-bond acceptors (Lipinski definition) is 6. The third-order valence-corrected chi connectivity index (χ3v) is 4.38. The minimum atomic E-state index is -3.45. The van der Waals surface area contributed by atoms with Gasteiger partial charge in [-0.3, -0.25) is 4.18 Å². The van der Waals surface area contributed by atoms with Crippen molar-refractivity contribution in [1.82, 2.24) is 19.8 Å². The first-order valence-corrected chi connectivity index (χ1v) is 8.10. The van der Waals surface area contributed by atoms with E-state index in [1.54, 1.807) is 17.0 Å². The first-order valence-electron chi connectivity index (χ1n) is 6.52. The van der Waals surface area contributed by atoms with Crippen molar-refractivity contribution in [2.45, 2.75) is 6.54 Å². The monoisotopic (exact) mass is 320 g/mol. The third kappa shape index (κ3) is 3.10. The van der Waals surface area contributed by atoms with Crippen LogP contribution in [0.3, 0.4) is 0 Å². The molecule has 0 atom stereocenters. The number of nitrogens with zero attached hydrogens (tertiary/aromatic N) is 5. The van der Waals surface area contributed by atoms with Crippen molar-refractivity contribution in [1.29, 1.82) is 0 Å². The molecule has 3 rings (SSSR count). The Hall–Kier alpha value is -2.39. The van der Waals surface area contributed by atoms with Crippen molar-refractivity contribution in [3.63, 3.8) is 0 Å². The summed E-state index contributed by atoms with van der Waals surface area (Å²) >= 11 is 0. The largest absolute Gasteiger partial charge is 0.273 e. The van der Waals surface area contributed by atoms with Crippen LogP contribution in [0.2, 0.25) is 0 Å². The molecule has 3 aromatic rings. The number of aryl methyl sites for hydroxylation is 1. The van der Waals surface area contributed by atoms with Crippen LogP contribution >= 0.6 is 0 Å². The Bertz CT molecular complexity index is 889. The highest BCUT2D eigenvalue weighted by Gasteiger charge is 2.13. The Morgan fingerprint density at radius 1 is 1.23 bits per heavy atom. The van der Waals surface area contributed by atoms with E-state index in [1.807, 2.05) is 24.3 Å². The highest BCUT2D eigenvalue weighted by atomic mass is 32.2. The van der Waals surface area contributed by atoms with E-state index in [0.717, 1.165) is 18.4 Å². The molecule has 0 amide bonds. The van der Waals surface area contributed by atoms with Crippen LogP contribution in [0, 0.1) is 0 Å².